The van der Waals surface area contributed by atoms with E-state index in [0.717, 1.165) is 82.1 Å². The number of aliphatic imine (C=N–C) groups is 1. The van der Waals surface area contributed by atoms with Gasteiger partial charge in [0.2, 0.25) is 0 Å². The van der Waals surface area contributed by atoms with Crippen molar-refractivity contribution in [2.75, 3.05) is 37.6 Å². The monoisotopic (exact) mass is 476 g/mol. The molecule has 0 saturated carbocycles. The van der Waals surface area contributed by atoms with Crippen LogP contribution in [0.4, 0.5) is 11.4 Å². The van der Waals surface area contributed by atoms with Gasteiger partial charge in [-0.3, -0.25) is 4.79 Å². The number of likely N-dealkylation sites (tertiary alicyclic amines) is 1. The standard InChI is InChI=1S/C28H33ClN4O/c29-23-12-11-22-10-9-21-6-1-2-7-24(21)32(25(22)20-23)16-5-15-31-18-13-28(14-19-31)27(34)30-26-8-3-4-17-33(26)28/h1-2,6-7,11-12,20H,3-5,8-10,13-19H2. The minimum absolute atomic E-state index is 0.124. The zero-order valence-electron chi connectivity index (χ0n) is 19.8. The summed E-state index contributed by atoms with van der Waals surface area (Å²) in [5, 5.41) is 0.796. The predicted molar refractivity (Wildman–Crippen MR) is 138 cm³/mol. The number of aryl methyl sites for hydroxylation is 2. The minimum Gasteiger partial charge on any atom is -0.345 e. The van der Waals surface area contributed by atoms with Gasteiger partial charge in [0.1, 0.15) is 11.4 Å². The van der Waals surface area contributed by atoms with E-state index in [0.29, 0.717) is 0 Å². The van der Waals surface area contributed by atoms with Gasteiger partial charge in [-0.15, -0.1) is 0 Å². The third-order valence-electron chi connectivity index (χ3n) is 8.31. The summed E-state index contributed by atoms with van der Waals surface area (Å²) in [5.41, 5.74) is 5.00. The van der Waals surface area contributed by atoms with Crippen LogP contribution >= 0.6 is 11.6 Å². The average Bonchev–Trinajstić information content (AvgIpc) is 3.03. The van der Waals surface area contributed by atoms with Crippen LogP contribution in [0.3, 0.4) is 0 Å². The van der Waals surface area contributed by atoms with Crippen LogP contribution in [-0.4, -0.2) is 59.8 Å². The average molecular weight is 477 g/mol. The number of hydrogen-bond donors (Lipinski definition) is 0. The number of carbonyl (C=O) groups excluding carboxylic acids is 1. The number of benzene rings is 2. The highest BCUT2D eigenvalue weighted by molar-refractivity contribution is 6.30. The van der Waals surface area contributed by atoms with Gasteiger partial charge in [-0.25, -0.2) is 0 Å². The van der Waals surface area contributed by atoms with Gasteiger partial charge in [0.25, 0.3) is 5.91 Å². The summed E-state index contributed by atoms with van der Waals surface area (Å²) < 4.78 is 0. The first-order valence-electron chi connectivity index (χ1n) is 12.9. The van der Waals surface area contributed by atoms with Gasteiger partial charge in [-0.05, 0) is 80.8 Å². The van der Waals surface area contributed by atoms with Crippen molar-refractivity contribution in [3.05, 3.63) is 58.6 Å². The molecular weight excluding hydrogens is 444 g/mol. The molecule has 0 unspecified atom stereocenters. The first-order valence-corrected chi connectivity index (χ1v) is 13.3. The van der Waals surface area contributed by atoms with Gasteiger partial charge in [-0.2, -0.15) is 4.99 Å². The number of para-hydroxylation sites is 1. The van der Waals surface area contributed by atoms with Crippen LogP contribution in [0.15, 0.2) is 47.5 Å². The fourth-order valence-electron chi connectivity index (χ4n) is 6.44. The van der Waals surface area contributed by atoms with Crippen molar-refractivity contribution in [2.45, 2.75) is 56.9 Å². The molecule has 4 heterocycles. The maximum atomic E-state index is 12.9. The topological polar surface area (TPSA) is 39.2 Å². The number of anilines is 2. The highest BCUT2D eigenvalue weighted by Crippen LogP contribution is 2.39. The first-order chi connectivity index (χ1) is 16.6. The highest BCUT2D eigenvalue weighted by atomic mass is 35.5. The molecule has 34 heavy (non-hydrogen) atoms. The van der Waals surface area contributed by atoms with Gasteiger partial charge >= 0.3 is 0 Å². The minimum atomic E-state index is -0.342. The fraction of sp³-hybridized carbons (Fsp3) is 0.500. The molecule has 0 bridgehead atoms. The zero-order valence-corrected chi connectivity index (χ0v) is 20.6. The van der Waals surface area contributed by atoms with Crippen LogP contribution in [0.1, 0.15) is 49.7 Å². The number of piperidine rings is 2. The largest absolute Gasteiger partial charge is 0.345 e. The summed E-state index contributed by atoms with van der Waals surface area (Å²) in [4.78, 5) is 24.7. The number of halogens is 1. The summed E-state index contributed by atoms with van der Waals surface area (Å²) in [5.74, 6) is 1.18. The van der Waals surface area contributed by atoms with Crippen molar-refractivity contribution < 1.29 is 4.79 Å². The van der Waals surface area contributed by atoms with Crippen molar-refractivity contribution in [1.29, 1.82) is 0 Å². The number of carbonyl (C=O) groups is 1. The Morgan fingerprint density at radius 1 is 0.882 bits per heavy atom. The number of amidine groups is 1. The van der Waals surface area contributed by atoms with E-state index in [9.17, 15) is 4.79 Å². The van der Waals surface area contributed by atoms with E-state index in [1.165, 1.54) is 35.3 Å². The Morgan fingerprint density at radius 2 is 1.68 bits per heavy atom. The second-order valence-electron chi connectivity index (χ2n) is 10.2. The van der Waals surface area contributed by atoms with E-state index in [1.54, 1.807) is 0 Å². The lowest BCUT2D eigenvalue weighted by atomic mass is 9.84. The molecule has 1 amide bonds. The number of amides is 1. The van der Waals surface area contributed by atoms with Crippen LogP contribution in [-0.2, 0) is 17.6 Å². The lowest BCUT2D eigenvalue weighted by Gasteiger charge is -2.45. The van der Waals surface area contributed by atoms with E-state index < -0.39 is 0 Å². The lowest BCUT2D eigenvalue weighted by molar-refractivity contribution is -0.128. The van der Waals surface area contributed by atoms with Gasteiger partial charge in [0.05, 0.1) is 0 Å². The molecule has 6 heteroatoms. The Bertz CT molecular complexity index is 1120. The second-order valence-corrected chi connectivity index (χ2v) is 10.7. The maximum Gasteiger partial charge on any atom is 0.273 e. The van der Waals surface area contributed by atoms with Crippen molar-refractivity contribution in [1.82, 2.24) is 9.80 Å². The van der Waals surface area contributed by atoms with E-state index in [4.69, 9.17) is 11.6 Å². The van der Waals surface area contributed by atoms with Crippen molar-refractivity contribution >= 4 is 34.7 Å². The molecule has 5 nitrogen and oxygen atoms in total. The van der Waals surface area contributed by atoms with E-state index in [2.05, 4.69) is 56.1 Å². The molecule has 0 radical (unpaired) electrons. The molecule has 1 spiro atoms. The molecular formula is C28H33ClN4O. The van der Waals surface area contributed by atoms with Crippen LogP contribution in [0.25, 0.3) is 0 Å². The van der Waals surface area contributed by atoms with E-state index in [-0.39, 0.29) is 11.4 Å². The highest BCUT2D eigenvalue weighted by Gasteiger charge is 2.51. The SMILES string of the molecule is O=C1N=C2CCCCN2C12CCN(CCCN1c3ccccc3CCc3ccc(Cl)cc31)CC2. The molecule has 0 atom stereocenters. The molecule has 2 saturated heterocycles. The molecule has 178 valence electrons. The van der Waals surface area contributed by atoms with E-state index >= 15 is 0 Å². The first kappa shape index (κ1) is 22.1. The second kappa shape index (κ2) is 9.01. The fourth-order valence-corrected chi connectivity index (χ4v) is 6.61. The Morgan fingerprint density at radius 3 is 2.53 bits per heavy atom. The maximum absolute atomic E-state index is 12.9. The van der Waals surface area contributed by atoms with E-state index in [1.807, 2.05) is 6.07 Å². The van der Waals surface area contributed by atoms with Gasteiger partial charge in [-0.1, -0.05) is 35.9 Å². The molecule has 6 rings (SSSR count). The van der Waals surface area contributed by atoms with Crippen molar-refractivity contribution in [2.24, 2.45) is 4.99 Å². The van der Waals surface area contributed by atoms with Gasteiger partial charge in [0, 0.05) is 49.0 Å². The smallest absolute Gasteiger partial charge is 0.273 e. The molecule has 0 aromatic heterocycles. The summed E-state index contributed by atoms with van der Waals surface area (Å²) in [7, 11) is 0. The Balaban J connectivity index is 1.12. The quantitative estimate of drug-likeness (QED) is 0.606. The summed E-state index contributed by atoms with van der Waals surface area (Å²) in [6.07, 6.45) is 8.31. The molecule has 4 aliphatic heterocycles. The summed E-state index contributed by atoms with van der Waals surface area (Å²) in [6.45, 7) is 4.96. The van der Waals surface area contributed by atoms with Crippen molar-refractivity contribution in [3.8, 4) is 0 Å². The van der Waals surface area contributed by atoms with Crippen LogP contribution in [0.2, 0.25) is 5.02 Å². The lowest BCUT2D eigenvalue weighted by Crippen LogP contribution is -2.58. The molecule has 2 fully saturated rings. The third kappa shape index (κ3) is 3.83. The Labute approximate surface area is 207 Å². The summed E-state index contributed by atoms with van der Waals surface area (Å²) in [6, 6.07) is 15.1. The Hall–Kier alpha value is -2.37. The Kier molecular flexibility index (Phi) is 5.86. The molecule has 4 aliphatic rings. The third-order valence-corrected chi connectivity index (χ3v) is 8.55. The van der Waals surface area contributed by atoms with Crippen LogP contribution < -0.4 is 4.90 Å². The number of hydrogen-bond acceptors (Lipinski definition) is 4. The number of fused-ring (bicyclic) bond motifs is 4. The van der Waals surface area contributed by atoms with Crippen LogP contribution in [0, 0.1) is 0 Å². The molecule has 2 aromatic carbocycles. The normalized spacial score (nSPS) is 21.7. The van der Waals surface area contributed by atoms with Gasteiger partial charge in [0.15, 0.2) is 0 Å². The van der Waals surface area contributed by atoms with Gasteiger partial charge < -0.3 is 14.7 Å². The predicted octanol–water partition coefficient (Wildman–Crippen LogP) is 5.23. The number of nitrogens with zero attached hydrogens (tertiary/aromatic N) is 4. The number of rotatable bonds is 4. The van der Waals surface area contributed by atoms with Crippen molar-refractivity contribution in [3.63, 3.8) is 0 Å². The molecule has 2 aromatic rings. The van der Waals surface area contributed by atoms with Crippen LogP contribution in [0.5, 0.6) is 0 Å². The molecule has 0 N–H and O–H groups in total. The summed E-state index contributed by atoms with van der Waals surface area (Å²) >= 11 is 6.42. The molecule has 0 aliphatic carbocycles. The zero-order chi connectivity index (χ0) is 23.1.